The van der Waals surface area contributed by atoms with E-state index in [1.54, 1.807) is 14.2 Å². The molecule has 0 aliphatic rings. The van der Waals surface area contributed by atoms with E-state index in [1.165, 1.54) is 18.2 Å². The monoisotopic (exact) mass is 378 g/mol. The number of methoxy groups -OCH3 is 2. The summed E-state index contributed by atoms with van der Waals surface area (Å²) in [5.41, 5.74) is 0.267. The van der Waals surface area contributed by atoms with Crippen molar-refractivity contribution in [2.24, 2.45) is 0 Å². The molecule has 24 heavy (non-hydrogen) atoms. The summed E-state index contributed by atoms with van der Waals surface area (Å²) in [6, 6.07) is 4.20. The number of amides is 1. The Morgan fingerprint density at radius 2 is 1.79 bits per heavy atom. The van der Waals surface area contributed by atoms with E-state index in [2.05, 4.69) is 5.32 Å². The molecule has 1 rings (SSSR count). The van der Waals surface area contributed by atoms with E-state index >= 15 is 0 Å². The number of nitrogens with one attached hydrogen (secondary N) is 1. The fourth-order valence-electron chi connectivity index (χ4n) is 1.93. The molecule has 0 aliphatic heterocycles. The third kappa shape index (κ3) is 7.14. The number of hydrogen-bond donors (Lipinski definition) is 1. The Labute approximate surface area is 147 Å². The van der Waals surface area contributed by atoms with Gasteiger partial charge in [0.15, 0.2) is 9.84 Å². The lowest BCUT2D eigenvalue weighted by Gasteiger charge is -2.21. The maximum Gasteiger partial charge on any atom is 0.238 e. The van der Waals surface area contributed by atoms with E-state index in [0.29, 0.717) is 26.3 Å². The fourth-order valence-corrected chi connectivity index (χ4v) is 2.75. The Morgan fingerprint density at radius 1 is 1.21 bits per heavy atom. The second kappa shape index (κ2) is 9.95. The van der Waals surface area contributed by atoms with Crippen LogP contribution in [0.1, 0.15) is 0 Å². The molecule has 0 aromatic heterocycles. The van der Waals surface area contributed by atoms with Gasteiger partial charge in [-0.3, -0.25) is 9.69 Å². The molecule has 1 aromatic carbocycles. The molecular weight excluding hydrogens is 356 g/mol. The van der Waals surface area contributed by atoms with Gasteiger partial charge in [0, 0.05) is 33.6 Å². The minimum Gasteiger partial charge on any atom is -0.383 e. The molecule has 1 N–H and O–H groups in total. The van der Waals surface area contributed by atoms with Crippen LogP contribution in [-0.2, 0) is 24.1 Å². The number of sulfone groups is 1. The SMILES string of the molecule is COCCN(CCOC)CC(=O)Nc1cc(S(C)(=O)=O)ccc1Cl. The Hall–Kier alpha value is -1.19. The summed E-state index contributed by atoms with van der Waals surface area (Å²) in [7, 11) is -0.202. The largest absolute Gasteiger partial charge is 0.383 e. The van der Waals surface area contributed by atoms with Gasteiger partial charge < -0.3 is 14.8 Å². The van der Waals surface area contributed by atoms with Crippen LogP contribution in [0, 0.1) is 0 Å². The van der Waals surface area contributed by atoms with Crippen molar-refractivity contribution < 1.29 is 22.7 Å². The Bertz CT molecular complexity index is 643. The number of halogens is 1. The van der Waals surface area contributed by atoms with E-state index in [-0.39, 0.29) is 28.1 Å². The zero-order valence-electron chi connectivity index (χ0n) is 14.0. The summed E-state index contributed by atoms with van der Waals surface area (Å²) in [6.07, 6.45) is 1.10. The lowest BCUT2D eigenvalue weighted by Crippen LogP contribution is -2.37. The molecule has 0 bridgehead atoms. The summed E-state index contributed by atoms with van der Waals surface area (Å²) < 4.78 is 33.3. The Morgan fingerprint density at radius 3 is 2.29 bits per heavy atom. The van der Waals surface area contributed by atoms with Crippen molar-refractivity contribution in [3.8, 4) is 0 Å². The second-order valence-corrected chi connectivity index (χ2v) is 7.65. The van der Waals surface area contributed by atoms with Crippen LogP contribution < -0.4 is 5.32 Å². The number of benzene rings is 1. The second-order valence-electron chi connectivity index (χ2n) is 5.22. The number of nitrogens with zero attached hydrogens (tertiary/aromatic N) is 1. The molecule has 136 valence electrons. The molecular formula is C15H23ClN2O5S. The summed E-state index contributed by atoms with van der Waals surface area (Å²) in [6.45, 7) is 2.24. The van der Waals surface area contributed by atoms with E-state index in [9.17, 15) is 13.2 Å². The molecule has 0 heterocycles. The van der Waals surface area contributed by atoms with Crippen LogP contribution in [-0.4, -0.2) is 72.5 Å². The lowest BCUT2D eigenvalue weighted by molar-refractivity contribution is -0.117. The van der Waals surface area contributed by atoms with Gasteiger partial charge >= 0.3 is 0 Å². The van der Waals surface area contributed by atoms with Crippen molar-refractivity contribution in [1.82, 2.24) is 4.90 Å². The quantitative estimate of drug-likeness (QED) is 0.660. The highest BCUT2D eigenvalue weighted by Gasteiger charge is 2.14. The zero-order valence-corrected chi connectivity index (χ0v) is 15.6. The smallest absolute Gasteiger partial charge is 0.238 e. The number of carbonyl (C=O) groups excluding carboxylic acids is 1. The average Bonchev–Trinajstić information content (AvgIpc) is 2.51. The van der Waals surface area contributed by atoms with Gasteiger partial charge in [-0.05, 0) is 18.2 Å². The Balaban J connectivity index is 2.78. The molecule has 0 spiro atoms. The van der Waals surface area contributed by atoms with Gasteiger partial charge in [-0.2, -0.15) is 0 Å². The highest BCUT2D eigenvalue weighted by molar-refractivity contribution is 7.90. The first-order valence-corrected chi connectivity index (χ1v) is 9.54. The molecule has 1 amide bonds. The average molecular weight is 379 g/mol. The predicted octanol–water partition coefficient (Wildman–Crippen LogP) is 1.28. The van der Waals surface area contributed by atoms with Crippen molar-refractivity contribution in [2.75, 3.05) is 58.6 Å². The van der Waals surface area contributed by atoms with Gasteiger partial charge in [-0.15, -0.1) is 0 Å². The number of carbonyl (C=O) groups is 1. The molecule has 0 aliphatic carbocycles. The van der Waals surface area contributed by atoms with Crippen LogP contribution in [0.2, 0.25) is 5.02 Å². The molecule has 1 aromatic rings. The molecule has 0 saturated carbocycles. The fraction of sp³-hybridized carbons (Fsp3) is 0.533. The minimum absolute atomic E-state index is 0.0952. The van der Waals surface area contributed by atoms with Gasteiger partial charge in [0.05, 0.1) is 35.4 Å². The zero-order chi connectivity index (χ0) is 18.2. The molecule has 0 unspecified atom stereocenters. The maximum absolute atomic E-state index is 12.2. The lowest BCUT2D eigenvalue weighted by atomic mass is 10.3. The van der Waals surface area contributed by atoms with E-state index in [0.717, 1.165) is 6.26 Å². The van der Waals surface area contributed by atoms with Gasteiger partial charge in [0.2, 0.25) is 5.91 Å². The minimum atomic E-state index is -3.38. The highest BCUT2D eigenvalue weighted by Crippen LogP contribution is 2.25. The third-order valence-corrected chi connectivity index (χ3v) is 4.67. The molecule has 7 nitrogen and oxygen atoms in total. The van der Waals surface area contributed by atoms with Crippen molar-refractivity contribution in [3.63, 3.8) is 0 Å². The van der Waals surface area contributed by atoms with E-state index < -0.39 is 9.84 Å². The van der Waals surface area contributed by atoms with Crippen LogP contribution in [0.5, 0.6) is 0 Å². The van der Waals surface area contributed by atoms with Crippen molar-refractivity contribution >= 4 is 33.0 Å². The molecule has 0 fully saturated rings. The van der Waals surface area contributed by atoms with Gasteiger partial charge in [-0.25, -0.2) is 8.42 Å². The molecule has 9 heteroatoms. The first-order valence-electron chi connectivity index (χ1n) is 7.27. The summed E-state index contributed by atoms with van der Waals surface area (Å²) in [5.74, 6) is -0.297. The van der Waals surface area contributed by atoms with Crippen LogP contribution in [0.25, 0.3) is 0 Å². The Kier molecular flexibility index (Phi) is 8.65. The standard InChI is InChI=1S/C15H23ClN2O5S/c1-22-8-6-18(7-9-23-2)11-15(19)17-14-10-12(24(3,20)21)4-5-13(14)16/h4-5,10H,6-9,11H2,1-3H3,(H,17,19). The first kappa shape index (κ1) is 20.9. The van der Waals surface area contributed by atoms with Crippen molar-refractivity contribution in [3.05, 3.63) is 23.2 Å². The number of anilines is 1. The van der Waals surface area contributed by atoms with Crippen LogP contribution in [0.3, 0.4) is 0 Å². The van der Waals surface area contributed by atoms with E-state index in [4.69, 9.17) is 21.1 Å². The highest BCUT2D eigenvalue weighted by atomic mass is 35.5. The third-order valence-electron chi connectivity index (χ3n) is 3.23. The first-order chi connectivity index (χ1) is 11.3. The maximum atomic E-state index is 12.2. The molecule has 0 radical (unpaired) electrons. The number of hydrogen-bond acceptors (Lipinski definition) is 6. The number of rotatable bonds is 10. The van der Waals surface area contributed by atoms with Crippen LogP contribution in [0.15, 0.2) is 23.1 Å². The predicted molar refractivity (Wildman–Crippen MR) is 93.4 cm³/mol. The van der Waals surface area contributed by atoms with Crippen LogP contribution >= 0.6 is 11.6 Å². The van der Waals surface area contributed by atoms with Crippen LogP contribution in [0.4, 0.5) is 5.69 Å². The summed E-state index contributed by atoms with van der Waals surface area (Å²) in [4.78, 5) is 14.2. The van der Waals surface area contributed by atoms with Gasteiger partial charge in [0.25, 0.3) is 0 Å². The van der Waals surface area contributed by atoms with E-state index in [1.807, 2.05) is 4.90 Å². The molecule has 0 saturated heterocycles. The normalized spacial score (nSPS) is 11.7. The molecule has 0 atom stereocenters. The summed E-state index contributed by atoms with van der Waals surface area (Å²) in [5, 5.41) is 2.92. The van der Waals surface area contributed by atoms with Crippen molar-refractivity contribution in [1.29, 1.82) is 0 Å². The van der Waals surface area contributed by atoms with Gasteiger partial charge in [-0.1, -0.05) is 11.6 Å². The van der Waals surface area contributed by atoms with Gasteiger partial charge in [0.1, 0.15) is 0 Å². The summed E-state index contributed by atoms with van der Waals surface area (Å²) >= 11 is 6.03. The number of ether oxygens (including phenoxy) is 2. The topological polar surface area (TPSA) is 84.9 Å². The van der Waals surface area contributed by atoms with Crippen molar-refractivity contribution in [2.45, 2.75) is 4.90 Å².